The molecule has 0 saturated heterocycles. The number of ether oxygens (including phenoxy) is 1. The number of Topliss-reactive ketones (excluding diaryl/α,β-unsaturated/α-hetero) is 1. The third-order valence-corrected chi connectivity index (χ3v) is 6.54. The number of halogens is 1. The predicted molar refractivity (Wildman–Crippen MR) is 130 cm³/mol. The second-order valence-electron chi connectivity index (χ2n) is 7.60. The number of thioether (sulfide) groups is 1. The highest BCUT2D eigenvalue weighted by Gasteiger charge is 2.18. The van der Waals surface area contributed by atoms with Gasteiger partial charge in [-0.15, -0.1) is 11.8 Å². The highest BCUT2D eigenvalue weighted by atomic mass is 35.5. The van der Waals surface area contributed by atoms with Gasteiger partial charge in [-0.2, -0.15) is 0 Å². The van der Waals surface area contributed by atoms with Gasteiger partial charge in [-0.3, -0.25) is 9.59 Å². The Labute approximate surface area is 199 Å². The summed E-state index contributed by atoms with van der Waals surface area (Å²) in [5.74, 6) is 0.535. The van der Waals surface area contributed by atoms with E-state index in [1.54, 1.807) is 36.0 Å². The fraction of sp³-hybridized carbons (Fsp3) is 0.440. The van der Waals surface area contributed by atoms with Crippen molar-refractivity contribution < 1.29 is 24.5 Å². The highest BCUT2D eigenvalue weighted by Crippen LogP contribution is 2.34. The lowest BCUT2D eigenvalue weighted by atomic mass is 9.98. The molecule has 2 aromatic rings. The molecular formula is C25H31ClO5S. The topological polar surface area (TPSA) is 83.8 Å². The first-order valence-electron chi connectivity index (χ1n) is 11.0. The van der Waals surface area contributed by atoms with Gasteiger partial charge in [-0.05, 0) is 49.1 Å². The monoisotopic (exact) mass is 478 g/mol. The summed E-state index contributed by atoms with van der Waals surface area (Å²) in [7, 11) is 0. The fourth-order valence-corrected chi connectivity index (χ4v) is 4.52. The molecule has 0 fully saturated rings. The molecule has 5 nitrogen and oxygen atoms in total. The third-order valence-electron chi connectivity index (χ3n) is 4.95. The number of benzene rings is 2. The molecule has 0 spiro atoms. The predicted octanol–water partition coefficient (Wildman–Crippen LogP) is 6.56. The molecule has 0 aliphatic rings. The second-order valence-corrected chi connectivity index (χ2v) is 9.14. The number of hydrogen-bond donors (Lipinski definition) is 2. The van der Waals surface area contributed by atoms with Crippen molar-refractivity contribution in [3.63, 3.8) is 0 Å². The van der Waals surface area contributed by atoms with E-state index in [0.717, 1.165) is 36.3 Å². The van der Waals surface area contributed by atoms with E-state index in [2.05, 4.69) is 0 Å². The molecule has 0 aliphatic heterocycles. The normalized spacial score (nSPS) is 10.8. The summed E-state index contributed by atoms with van der Waals surface area (Å²) in [4.78, 5) is 24.1. The van der Waals surface area contributed by atoms with Gasteiger partial charge in [-0.1, -0.05) is 44.4 Å². The molecule has 2 N–H and O–H groups in total. The minimum atomic E-state index is -0.884. The number of carboxylic acid groups (broad SMARTS) is 1. The molecule has 2 aromatic carbocycles. The van der Waals surface area contributed by atoms with Crippen molar-refractivity contribution in [2.24, 2.45) is 0 Å². The lowest BCUT2D eigenvalue weighted by Crippen LogP contribution is -2.05. The van der Waals surface area contributed by atoms with E-state index in [4.69, 9.17) is 21.4 Å². The van der Waals surface area contributed by atoms with Crippen LogP contribution in [0.2, 0.25) is 5.02 Å². The summed E-state index contributed by atoms with van der Waals surface area (Å²) < 4.78 is 5.93. The molecule has 7 heteroatoms. The van der Waals surface area contributed by atoms with Crippen molar-refractivity contribution >= 4 is 35.1 Å². The van der Waals surface area contributed by atoms with Gasteiger partial charge in [0.25, 0.3) is 0 Å². The van der Waals surface area contributed by atoms with Crippen molar-refractivity contribution in [3.8, 4) is 11.5 Å². The molecule has 0 amide bonds. The van der Waals surface area contributed by atoms with Crippen LogP contribution < -0.4 is 4.74 Å². The van der Waals surface area contributed by atoms with Crippen LogP contribution >= 0.6 is 23.4 Å². The second kappa shape index (κ2) is 13.4. The van der Waals surface area contributed by atoms with Crippen molar-refractivity contribution in [2.45, 2.75) is 63.7 Å². The Hall–Kier alpha value is -2.18. The molecule has 0 unspecified atom stereocenters. The van der Waals surface area contributed by atoms with Gasteiger partial charge in [0.05, 0.1) is 23.6 Å². The SMILES string of the molecule is CCCCC(=O)c1ccc(OCCCSc2ccc(CC(=O)O)cc2Cl)c(CCC)c1O. The molecule has 0 bridgehead atoms. The Morgan fingerprint density at radius 3 is 2.53 bits per heavy atom. The first-order valence-corrected chi connectivity index (χ1v) is 12.4. The smallest absolute Gasteiger partial charge is 0.307 e. The molecule has 0 aromatic heterocycles. The van der Waals surface area contributed by atoms with E-state index in [1.165, 1.54) is 0 Å². The van der Waals surface area contributed by atoms with Crippen LogP contribution in [0.3, 0.4) is 0 Å². The van der Waals surface area contributed by atoms with Gasteiger partial charge in [0.2, 0.25) is 0 Å². The maximum Gasteiger partial charge on any atom is 0.307 e. The van der Waals surface area contributed by atoms with E-state index < -0.39 is 5.97 Å². The number of aliphatic carboxylic acids is 1. The number of carbonyl (C=O) groups is 2. The number of ketones is 1. The molecule has 0 atom stereocenters. The minimum Gasteiger partial charge on any atom is -0.507 e. The van der Waals surface area contributed by atoms with Crippen LogP contribution in [-0.4, -0.2) is 34.3 Å². The van der Waals surface area contributed by atoms with E-state index >= 15 is 0 Å². The average molecular weight is 479 g/mol. The van der Waals surface area contributed by atoms with Crippen molar-refractivity contribution in [3.05, 3.63) is 52.0 Å². The minimum absolute atomic E-state index is 0.0316. The number of aromatic hydroxyl groups is 1. The first-order chi connectivity index (χ1) is 15.4. The Kier molecular flexibility index (Phi) is 10.9. The molecule has 32 heavy (non-hydrogen) atoms. The Balaban J connectivity index is 1.92. The molecule has 0 aliphatic carbocycles. The number of rotatable bonds is 14. The first kappa shape index (κ1) is 26.1. The lowest BCUT2D eigenvalue weighted by molar-refractivity contribution is -0.136. The van der Waals surface area contributed by atoms with Gasteiger partial charge >= 0.3 is 5.97 Å². The number of unbranched alkanes of at least 4 members (excludes halogenated alkanes) is 1. The maximum absolute atomic E-state index is 12.4. The Morgan fingerprint density at radius 1 is 1.09 bits per heavy atom. The quantitative estimate of drug-likeness (QED) is 0.182. The largest absolute Gasteiger partial charge is 0.507 e. The van der Waals surface area contributed by atoms with Crippen LogP contribution in [0.1, 0.15) is 67.4 Å². The van der Waals surface area contributed by atoms with Gasteiger partial charge in [-0.25, -0.2) is 0 Å². The molecule has 2 rings (SSSR count). The van der Waals surface area contributed by atoms with Crippen LogP contribution in [0.4, 0.5) is 0 Å². The Morgan fingerprint density at radius 2 is 1.88 bits per heavy atom. The molecule has 174 valence electrons. The average Bonchev–Trinajstić information content (AvgIpc) is 2.75. The zero-order valence-electron chi connectivity index (χ0n) is 18.7. The molecule has 0 heterocycles. The summed E-state index contributed by atoms with van der Waals surface area (Å²) in [5.41, 5.74) is 1.75. The van der Waals surface area contributed by atoms with E-state index in [9.17, 15) is 14.7 Å². The van der Waals surface area contributed by atoms with Crippen LogP contribution in [0.5, 0.6) is 11.5 Å². The zero-order valence-corrected chi connectivity index (χ0v) is 20.2. The molecule has 0 saturated carbocycles. The third kappa shape index (κ3) is 7.75. The van der Waals surface area contributed by atoms with Crippen molar-refractivity contribution in [1.82, 2.24) is 0 Å². The van der Waals surface area contributed by atoms with Crippen LogP contribution in [-0.2, 0) is 17.6 Å². The highest BCUT2D eigenvalue weighted by molar-refractivity contribution is 7.99. The standard InChI is InChI=1S/C25H31ClO5S/c1-3-5-8-21(27)18-10-11-22(19(7-4-2)25(18)30)31-13-6-14-32-23-12-9-17(15-20(23)26)16-24(28)29/h9-12,15,30H,3-8,13-14,16H2,1-2H3,(H,28,29). The van der Waals surface area contributed by atoms with Crippen LogP contribution in [0, 0.1) is 0 Å². The van der Waals surface area contributed by atoms with Crippen molar-refractivity contribution in [1.29, 1.82) is 0 Å². The van der Waals surface area contributed by atoms with Gasteiger partial charge < -0.3 is 14.9 Å². The Bertz CT molecular complexity index is 929. The summed E-state index contributed by atoms with van der Waals surface area (Å²) in [6.45, 7) is 4.53. The maximum atomic E-state index is 12.4. The molecular weight excluding hydrogens is 448 g/mol. The fourth-order valence-electron chi connectivity index (χ4n) is 3.31. The van der Waals surface area contributed by atoms with Crippen LogP contribution in [0.15, 0.2) is 35.2 Å². The van der Waals surface area contributed by atoms with E-state index in [-0.39, 0.29) is 18.0 Å². The number of carboxylic acids is 1. The van der Waals surface area contributed by atoms with Gasteiger partial charge in [0.1, 0.15) is 11.5 Å². The summed E-state index contributed by atoms with van der Waals surface area (Å²) >= 11 is 7.85. The number of phenols is 1. The van der Waals surface area contributed by atoms with Gasteiger partial charge in [0, 0.05) is 22.6 Å². The number of phenolic OH excluding ortho intramolecular Hbond substituents is 1. The summed E-state index contributed by atoms with van der Waals surface area (Å²) in [6, 6.07) is 8.77. The van der Waals surface area contributed by atoms with E-state index in [1.807, 2.05) is 19.9 Å². The summed E-state index contributed by atoms with van der Waals surface area (Å²) in [5, 5.41) is 20.1. The van der Waals surface area contributed by atoms with Gasteiger partial charge in [0.15, 0.2) is 5.78 Å². The number of carbonyl (C=O) groups excluding carboxylic acids is 1. The van der Waals surface area contributed by atoms with Crippen molar-refractivity contribution in [2.75, 3.05) is 12.4 Å². The van der Waals surface area contributed by atoms with E-state index in [0.29, 0.717) is 46.9 Å². The zero-order chi connectivity index (χ0) is 23.5. The summed E-state index contributed by atoms with van der Waals surface area (Å²) in [6.07, 6.45) is 4.38. The van der Waals surface area contributed by atoms with Crippen LogP contribution in [0.25, 0.3) is 0 Å². The molecule has 0 radical (unpaired) electrons. The number of hydrogen-bond acceptors (Lipinski definition) is 5. The lowest BCUT2D eigenvalue weighted by Gasteiger charge is -2.15.